The molecule has 0 radical (unpaired) electrons. The van der Waals surface area contributed by atoms with Crippen LogP contribution in [-0.4, -0.2) is 79.1 Å². The number of hydrogen-bond donors (Lipinski definition) is 3. The fourth-order valence-electron chi connectivity index (χ4n) is 8.90. The molecule has 0 aromatic heterocycles. The maximum atomic E-state index is 17.6. The van der Waals surface area contributed by atoms with Crippen LogP contribution in [0.3, 0.4) is 0 Å². The molecule has 0 bridgehead atoms. The Bertz CT molecular complexity index is 1470. The number of fused-ring (bicyclic) bond motifs is 7. The molecule has 3 N–H and O–H groups in total. The number of nitrogens with zero attached hydrogens (tertiary/aromatic N) is 1. The number of ketones is 1. The summed E-state index contributed by atoms with van der Waals surface area (Å²) in [5, 5.41) is 32.1. The summed E-state index contributed by atoms with van der Waals surface area (Å²) >= 11 is 6.05. The number of benzene rings is 1. The zero-order chi connectivity index (χ0) is 33.0. The summed E-state index contributed by atoms with van der Waals surface area (Å²) in [6, 6.07) is 6.80. The van der Waals surface area contributed by atoms with Crippen LogP contribution >= 0.6 is 23.4 Å². The minimum atomic E-state index is -5.45. The number of carbonyl (C=O) groups is 2. The number of aliphatic hydroxyl groups is 3. The van der Waals surface area contributed by atoms with Gasteiger partial charge < -0.3 is 15.3 Å². The van der Waals surface area contributed by atoms with Crippen LogP contribution in [0.25, 0.3) is 0 Å². The van der Waals surface area contributed by atoms with Gasteiger partial charge in [0, 0.05) is 40.8 Å². The number of aliphatic hydroxyl groups excluding tert-OH is 1. The van der Waals surface area contributed by atoms with Crippen molar-refractivity contribution < 1.29 is 51.7 Å². The Balaban J connectivity index is 1.39. The topological polar surface area (TPSA) is 107 Å². The van der Waals surface area contributed by atoms with Crippen molar-refractivity contribution in [3.8, 4) is 0 Å². The smallest absolute Gasteiger partial charge is 0.390 e. The zero-order valence-electron chi connectivity index (χ0n) is 24.4. The fraction of sp³-hybridized carbons (Fsp3) is 0.613. The van der Waals surface area contributed by atoms with Crippen molar-refractivity contribution in [2.75, 3.05) is 12.3 Å². The number of carbonyl (C=O) groups excluding carboxylic acids is 2. The predicted molar refractivity (Wildman–Crippen MR) is 154 cm³/mol. The van der Waals surface area contributed by atoms with Crippen molar-refractivity contribution in [2.45, 2.75) is 75.2 Å². The number of rotatable bonds is 5. The first-order valence-electron chi connectivity index (χ1n) is 14.6. The number of allylic oxidation sites excluding steroid dienone is 4. The molecule has 0 unspecified atom stereocenters. The molecule has 1 saturated heterocycles. The monoisotopic (exact) mass is 677 g/mol. The van der Waals surface area contributed by atoms with Crippen LogP contribution in [0.1, 0.15) is 38.7 Å². The van der Waals surface area contributed by atoms with Crippen LogP contribution in [0.2, 0.25) is 5.02 Å². The van der Waals surface area contributed by atoms with Crippen molar-refractivity contribution in [1.29, 1.82) is 0 Å². The van der Waals surface area contributed by atoms with Crippen molar-refractivity contribution in [3.63, 3.8) is 0 Å². The highest BCUT2D eigenvalue weighted by Crippen LogP contribution is 2.73. The summed E-state index contributed by atoms with van der Waals surface area (Å²) in [5.41, 5.74) is -6.69. The van der Waals surface area contributed by atoms with E-state index in [9.17, 15) is 38.1 Å². The van der Waals surface area contributed by atoms with Gasteiger partial charge >= 0.3 is 6.18 Å². The molecule has 14 heteroatoms. The maximum Gasteiger partial charge on any atom is 0.443 e. The number of hydroxylamine groups is 2. The van der Waals surface area contributed by atoms with Gasteiger partial charge in [0.05, 0.1) is 11.9 Å². The normalized spacial score (nSPS) is 41.3. The van der Waals surface area contributed by atoms with E-state index in [0.717, 1.165) is 17.7 Å². The van der Waals surface area contributed by atoms with E-state index in [1.165, 1.54) is 18.1 Å². The molecular weight excluding hydrogens is 645 g/mol. The third-order valence-corrected chi connectivity index (χ3v) is 12.5. The van der Waals surface area contributed by atoms with Crippen molar-refractivity contribution in [2.24, 2.45) is 28.6 Å². The standard InChI is InChI=1S/C31H33ClF5NO6S/c1-26-8-7-19(39)10-22(26)23(33)11-21-20-9-17-14-38(13-16-3-5-18(32)6-4-16)44-30(17,27(20,2)12-24(40)29(21,26)34)25(41)45-15-28(42,43)31(35,36)37/h3-8,10,17,20-21,23-24,40,42-43H,9,11-15H2,1-2H3/t17-,20-,21-,23-,24-,26-,27-,29-,30-/m0/s1. The van der Waals surface area contributed by atoms with Gasteiger partial charge in [-0.05, 0) is 67.5 Å². The maximum absolute atomic E-state index is 17.6. The van der Waals surface area contributed by atoms with Crippen molar-refractivity contribution in [3.05, 3.63) is 58.7 Å². The van der Waals surface area contributed by atoms with Gasteiger partial charge in [0.2, 0.25) is 5.12 Å². The lowest BCUT2D eigenvalue weighted by Gasteiger charge is -2.63. The Hall–Kier alpha value is -1.87. The van der Waals surface area contributed by atoms with Crippen LogP contribution in [0, 0.1) is 28.6 Å². The summed E-state index contributed by atoms with van der Waals surface area (Å²) < 4.78 is 73.4. The van der Waals surface area contributed by atoms with E-state index in [0.29, 0.717) is 5.02 Å². The summed E-state index contributed by atoms with van der Waals surface area (Å²) in [7, 11) is 0. The molecule has 1 heterocycles. The molecule has 1 aromatic carbocycles. The van der Waals surface area contributed by atoms with E-state index < -0.39 is 80.7 Å². The zero-order valence-corrected chi connectivity index (χ0v) is 25.9. The molecule has 4 fully saturated rings. The Morgan fingerprint density at radius 2 is 1.82 bits per heavy atom. The highest BCUT2D eigenvalue weighted by atomic mass is 35.5. The van der Waals surface area contributed by atoms with E-state index in [-0.39, 0.29) is 49.7 Å². The van der Waals surface area contributed by atoms with Gasteiger partial charge in [-0.2, -0.15) is 18.2 Å². The SMILES string of the molecule is C[C@]12C=CC(=O)C=C1[C@@H](F)C[C@H]1[C@@H]3C[C@H]4CN(Cc5ccc(Cl)cc5)O[C@@]4(C(=O)SCC(O)(O)C(F)(F)F)[C@@]3(C)C[C@H](O)[C@@]12F. The summed E-state index contributed by atoms with van der Waals surface area (Å²) in [6.07, 6.45) is -6.00. The average Bonchev–Trinajstić information content (AvgIpc) is 3.43. The van der Waals surface area contributed by atoms with Crippen LogP contribution < -0.4 is 0 Å². The molecule has 4 aliphatic carbocycles. The lowest BCUT2D eigenvalue weighted by atomic mass is 9.44. The molecule has 246 valence electrons. The number of thioether (sulfide) groups is 1. The third-order valence-electron chi connectivity index (χ3n) is 11.1. The minimum Gasteiger partial charge on any atom is -0.390 e. The van der Waals surface area contributed by atoms with E-state index in [2.05, 4.69) is 0 Å². The second-order valence-electron chi connectivity index (χ2n) is 13.5. The first-order chi connectivity index (χ1) is 20.8. The molecule has 0 spiro atoms. The van der Waals surface area contributed by atoms with Crippen molar-refractivity contribution >= 4 is 34.3 Å². The van der Waals surface area contributed by atoms with Gasteiger partial charge in [0.25, 0.3) is 5.79 Å². The first-order valence-corrected chi connectivity index (χ1v) is 16.0. The van der Waals surface area contributed by atoms with Gasteiger partial charge in [-0.25, -0.2) is 8.78 Å². The van der Waals surface area contributed by atoms with Gasteiger partial charge in [-0.3, -0.25) is 14.4 Å². The second kappa shape index (κ2) is 10.6. The molecule has 6 rings (SSSR count). The van der Waals surface area contributed by atoms with Gasteiger partial charge in [-0.1, -0.05) is 48.5 Å². The second-order valence-corrected chi connectivity index (χ2v) is 14.8. The predicted octanol–water partition coefficient (Wildman–Crippen LogP) is 4.87. The highest BCUT2D eigenvalue weighted by Gasteiger charge is 2.79. The van der Waals surface area contributed by atoms with Crippen LogP contribution in [-0.2, 0) is 21.0 Å². The summed E-state index contributed by atoms with van der Waals surface area (Å²) in [4.78, 5) is 32.7. The molecule has 7 nitrogen and oxygen atoms in total. The van der Waals surface area contributed by atoms with Gasteiger partial charge in [-0.15, -0.1) is 0 Å². The lowest BCUT2D eigenvalue weighted by Crippen LogP contribution is -2.70. The summed E-state index contributed by atoms with van der Waals surface area (Å²) in [5.74, 6) is -8.71. The number of halogens is 6. The highest BCUT2D eigenvalue weighted by molar-refractivity contribution is 8.13. The summed E-state index contributed by atoms with van der Waals surface area (Å²) in [6.45, 7) is 3.34. The van der Waals surface area contributed by atoms with Crippen LogP contribution in [0.5, 0.6) is 0 Å². The van der Waals surface area contributed by atoms with E-state index in [4.69, 9.17) is 16.4 Å². The van der Waals surface area contributed by atoms with Crippen LogP contribution in [0.4, 0.5) is 22.0 Å². The Kier molecular flexibility index (Phi) is 7.76. The van der Waals surface area contributed by atoms with E-state index in [1.54, 1.807) is 31.2 Å². The third kappa shape index (κ3) is 4.62. The molecule has 3 saturated carbocycles. The molecular formula is C31H33ClF5NO6S. The van der Waals surface area contributed by atoms with E-state index in [1.807, 2.05) is 0 Å². The Morgan fingerprint density at radius 3 is 2.47 bits per heavy atom. The largest absolute Gasteiger partial charge is 0.443 e. The van der Waals surface area contributed by atoms with Crippen LogP contribution in [0.15, 0.2) is 48.1 Å². The minimum absolute atomic E-state index is 0.0519. The first kappa shape index (κ1) is 33.0. The molecule has 1 aromatic rings. The van der Waals surface area contributed by atoms with Crippen molar-refractivity contribution in [1.82, 2.24) is 5.06 Å². The lowest BCUT2D eigenvalue weighted by molar-refractivity contribution is -0.336. The molecule has 9 atom stereocenters. The quantitative estimate of drug-likeness (QED) is 0.300. The van der Waals surface area contributed by atoms with Gasteiger partial charge in [0.1, 0.15) is 6.17 Å². The number of hydrogen-bond acceptors (Lipinski definition) is 8. The number of alkyl halides is 5. The molecule has 0 amide bonds. The fourth-order valence-corrected chi connectivity index (χ4v) is 10.2. The van der Waals surface area contributed by atoms with Gasteiger partial charge in [0.15, 0.2) is 17.1 Å². The molecule has 1 aliphatic heterocycles. The molecule has 45 heavy (non-hydrogen) atoms. The Morgan fingerprint density at radius 1 is 1.16 bits per heavy atom. The molecule has 5 aliphatic rings. The van der Waals surface area contributed by atoms with E-state index >= 15 is 8.78 Å². The average molecular weight is 678 g/mol. The Labute approximate surface area is 265 Å².